The van der Waals surface area contributed by atoms with Crippen LogP contribution < -0.4 is 5.32 Å². The Morgan fingerprint density at radius 3 is 2.69 bits per heavy atom. The molecule has 0 radical (unpaired) electrons. The molecule has 0 aromatic heterocycles. The molecule has 1 saturated heterocycles. The van der Waals surface area contributed by atoms with Crippen molar-refractivity contribution in [2.45, 2.75) is 39.7 Å². The Morgan fingerprint density at radius 2 is 2.12 bits per heavy atom. The molecule has 0 bridgehead atoms. The van der Waals surface area contributed by atoms with Crippen molar-refractivity contribution in [3.63, 3.8) is 0 Å². The first-order valence-electron chi connectivity index (χ1n) is 5.97. The van der Waals surface area contributed by atoms with Crippen LogP contribution in [0.2, 0.25) is 0 Å². The fraction of sp³-hybridized carbons (Fsp3) is 0.571. The van der Waals surface area contributed by atoms with E-state index in [1.54, 1.807) is 13.0 Å². The number of hydrogen-bond donors (Lipinski definition) is 1. The molecule has 1 aliphatic rings. The molecule has 1 aromatic carbocycles. The molecule has 0 saturated carbocycles. The van der Waals surface area contributed by atoms with Gasteiger partial charge < -0.3 is 5.32 Å². The highest BCUT2D eigenvalue weighted by molar-refractivity contribution is 5.26. The van der Waals surface area contributed by atoms with E-state index in [1.807, 2.05) is 12.1 Å². The van der Waals surface area contributed by atoms with Gasteiger partial charge in [-0.05, 0) is 42.4 Å². The third-order valence-electron chi connectivity index (χ3n) is 3.54. The van der Waals surface area contributed by atoms with Crippen LogP contribution in [0.3, 0.4) is 0 Å². The van der Waals surface area contributed by atoms with Gasteiger partial charge in [-0.25, -0.2) is 4.39 Å². The smallest absolute Gasteiger partial charge is 0.126 e. The summed E-state index contributed by atoms with van der Waals surface area (Å²) in [6, 6.07) is 5.90. The average Bonchev–Trinajstić information content (AvgIpc) is 2.22. The van der Waals surface area contributed by atoms with Crippen LogP contribution in [0.5, 0.6) is 0 Å². The van der Waals surface area contributed by atoms with Crippen LogP contribution >= 0.6 is 0 Å². The van der Waals surface area contributed by atoms with Gasteiger partial charge in [0.25, 0.3) is 0 Å². The number of rotatable bonds is 1. The summed E-state index contributed by atoms with van der Waals surface area (Å²) in [5.41, 5.74) is 2.18. The van der Waals surface area contributed by atoms with Gasteiger partial charge in [-0.3, -0.25) is 0 Å². The molecule has 2 rings (SSSR count). The lowest BCUT2D eigenvalue weighted by Gasteiger charge is -2.35. The first kappa shape index (κ1) is 11.6. The Bertz CT molecular complexity index is 374. The standard InChI is InChI=1S/C14H20FN/c1-10-4-5-11(8-12(10)15)13-6-7-14(2,3)9-16-13/h4-5,8,13,16H,6-7,9H2,1-3H3/t13-/m0/s1. The van der Waals surface area contributed by atoms with Gasteiger partial charge in [-0.1, -0.05) is 26.0 Å². The second kappa shape index (κ2) is 4.17. The van der Waals surface area contributed by atoms with Gasteiger partial charge in [0.15, 0.2) is 0 Å². The van der Waals surface area contributed by atoms with Gasteiger partial charge in [-0.2, -0.15) is 0 Å². The third kappa shape index (κ3) is 2.43. The van der Waals surface area contributed by atoms with Crippen molar-refractivity contribution in [2.24, 2.45) is 5.41 Å². The zero-order valence-electron chi connectivity index (χ0n) is 10.3. The second-order valence-corrected chi connectivity index (χ2v) is 5.64. The van der Waals surface area contributed by atoms with E-state index in [9.17, 15) is 4.39 Å². The number of piperidine rings is 1. The lowest BCUT2D eigenvalue weighted by molar-refractivity contribution is 0.223. The maximum Gasteiger partial charge on any atom is 0.126 e. The zero-order chi connectivity index (χ0) is 11.8. The number of benzene rings is 1. The van der Waals surface area contributed by atoms with E-state index >= 15 is 0 Å². The largest absolute Gasteiger partial charge is 0.309 e. The quantitative estimate of drug-likeness (QED) is 0.764. The lowest BCUT2D eigenvalue weighted by Crippen LogP contribution is -2.38. The molecule has 16 heavy (non-hydrogen) atoms. The zero-order valence-corrected chi connectivity index (χ0v) is 10.3. The highest BCUT2D eigenvalue weighted by Crippen LogP contribution is 2.33. The minimum atomic E-state index is -0.0934. The number of halogens is 1. The summed E-state index contributed by atoms with van der Waals surface area (Å²) in [5, 5.41) is 3.51. The number of aryl methyl sites for hydroxylation is 1. The topological polar surface area (TPSA) is 12.0 Å². The summed E-state index contributed by atoms with van der Waals surface area (Å²) in [4.78, 5) is 0. The van der Waals surface area contributed by atoms with Crippen molar-refractivity contribution in [3.8, 4) is 0 Å². The number of nitrogens with one attached hydrogen (secondary N) is 1. The molecule has 0 aliphatic carbocycles. The minimum absolute atomic E-state index is 0.0934. The molecular weight excluding hydrogens is 201 g/mol. The summed E-state index contributed by atoms with van der Waals surface area (Å²) < 4.78 is 13.5. The van der Waals surface area contributed by atoms with E-state index < -0.39 is 0 Å². The van der Waals surface area contributed by atoms with E-state index in [-0.39, 0.29) is 5.82 Å². The predicted octanol–water partition coefficient (Wildman–Crippen LogP) is 3.58. The van der Waals surface area contributed by atoms with Gasteiger partial charge in [0.05, 0.1) is 0 Å². The monoisotopic (exact) mass is 221 g/mol. The summed E-state index contributed by atoms with van der Waals surface area (Å²) in [6.07, 6.45) is 2.29. The van der Waals surface area contributed by atoms with Crippen LogP contribution in [-0.2, 0) is 0 Å². The van der Waals surface area contributed by atoms with Gasteiger partial charge in [0.1, 0.15) is 5.82 Å². The Hall–Kier alpha value is -0.890. The molecule has 1 heterocycles. The van der Waals surface area contributed by atoms with Gasteiger partial charge in [0.2, 0.25) is 0 Å². The average molecular weight is 221 g/mol. The van der Waals surface area contributed by atoms with Gasteiger partial charge in [-0.15, -0.1) is 0 Å². The van der Waals surface area contributed by atoms with Crippen molar-refractivity contribution < 1.29 is 4.39 Å². The van der Waals surface area contributed by atoms with Crippen LogP contribution in [0.1, 0.15) is 43.9 Å². The molecule has 1 aromatic rings. The highest BCUT2D eigenvalue weighted by Gasteiger charge is 2.27. The van der Waals surface area contributed by atoms with Crippen molar-refractivity contribution in [2.75, 3.05) is 6.54 Å². The second-order valence-electron chi connectivity index (χ2n) is 5.64. The van der Waals surface area contributed by atoms with Crippen molar-refractivity contribution >= 4 is 0 Å². The lowest BCUT2D eigenvalue weighted by atomic mass is 9.81. The molecule has 1 fully saturated rings. The molecular formula is C14H20FN. The summed E-state index contributed by atoms with van der Waals surface area (Å²) >= 11 is 0. The Morgan fingerprint density at radius 1 is 1.38 bits per heavy atom. The molecule has 88 valence electrons. The first-order valence-corrected chi connectivity index (χ1v) is 5.97. The van der Waals surface area contributed by atoms with Gasteiger partial charge >= 0.3 is 0 Å². The Balaban J connectivity index is 2.11. The number of hydrogen-bond acceptors (Lipinski definition) is 1. The molecule has 1 aliphatic heterocycles. The summed E-state index contributed by atoms with van der Waals surface area (Å²) in [7, 11) is 0. The predicted molar refractivity (Wildman–Crippen MR) is 64.9 cm³/mol. The highest BCUT2D eigenvalue weighted by atomic mass is 19.1. The van der Waals surface area contributed by atoms with E-state index in [4.69, 9.17) is 0 Å². The van der Waals surface area contributed by atoms with E-state index in [1.165, 1.54) is 6.42 Å². The van der Waals surface area contributed by atoms with Crippen LogP contribution in [0.15, 0.2) is 18.2 Å². The molecule has 1 nitrogen and oxygen atoms in total. The van der Waals surface area contributed by atoms with Crippen molar-refractivity contribution in [1.82, 2.24) is 5.32 Å². The van der Waals surface area contributed by atoms with Crippen molar-refractivity contribution in [3.05, 3.63) is 35.1 Å². The fourth-order valence-corrected chi connectivity index (χ4v) is 2.24. The molecule has 1 atom stereocenters. The van der Waals surface area contributed by atoms with Crippen LogP contribution in [0.4, 0.5) is 4.39 Å². The van der Waals surface area contributed by atoms with Crippen LogP contribution in [0, 0.1) is 18.2 Å². The summed E-state index contributed by atoms with van der Waals surface area (Å²) in [6.45, 7) is 7.35. The molecule has 0 unspecified atom stereocenters. The third-order valence-corrected chi connectivity index (χ3v) is 3.54. The minimum Gasteiger partial charge on any atom is -0.309 e. The van der Waals surface area contributed by atoms with E-state index in [0.717, 1.165) is 24.1 Å². The van der Waals surface area contributed by atoms with E-state index in [2.05, 4.69) is 19.2 Å². The first-order chi connectivity index (χ1) is 7.48. The molecule has 1 N–H and O–H groups in total. The molecule has 0 amide bonds. The Labute approximate surface area is 97.1 Å². The van der Waals surface area contributed by atoms with Crippen molar-refractivity contribution in [1.29, 1.82) is 0 Å². The van der Waals surface area contributed by atoms with E-state index in [0.29, 0.717) is 11.5 Å². The normalized spacial score (nSPS) is 24.4. The maximum absolute atomic E-state index is 13.5. The van der Waals surface area contributed by atoms with Gasteiger partial charge in [0, 0.05) is 12.6 Å². The SMILES string of the molecule is Cc1ccc([C@@H]2CCC(C)(C)CN2)cc1F. The molecule has 2 heteroatoms. The maximum atomic E-state index is 13.5. The van der Waals surface area contributed by atoms with Crippen LogP contribution in [-0.4, -0.2) is 6.54 Å². The summed E-state index contributed by atoms with van der Waals surface area (Å²) in [5.74, 6) is -0.0934. The van der Waals surface area contributed by atoms with Crippen LogP contribution in [0.25, 0.3) is 0 Å². The fourth-order valence-electron chi connectivity index (χ4n) is 2.24. The molecule has 0 spiro atoms. The Kier molecular flexibility index (Phi) is 3.02.